The normalized spacial score (nSPS) is 7.71. The largest absolute Gasteiger partial charge is 0.302 e. The first-order valence-corrected chi connectivity index (χ1v) is 2.26. The molecule has 0 aromatic rings. The van der Waals surface area contributed by atoms with Crippen LogP contribution in [0.3, 0.4) is 0 Å². The summed E-state index contributed by atoms with van der Waals surface area (Å²) in [5, 5.41) is 0. The Hall–Kier alpha value is 0.400. The number of hydroxylamine groups is 1. The van der Waals surface area contributed by atoms with Gasteiger partial charge in [-0.15, -0.1) is 17.0 Å². The number of hydrogen-bond acceptors (Lipinski definition) is 2. The summed E-state index contributed by atoms with van der Waals surface area (Å²) >= 11 is 0. The second kappa shape index (κ2) is 9.64. The van der Waals surface area contributed by atoms with E-state index in [1.54, 1.807) is 0 Å². The number of rotatable bonds is 3. The van der Waals surface area contributed by atoms with Crippen LogP contribution in [0.1, 0.15) is 13.8 Å². The lowest BCUT2D eigenvalue weighted by atomic mass is 10.8. The summed E-state index contributed by atoms with van der Waals surface area (Å²) in [7, 11) is 0. The van der Waals surface area contributed by atoms with E-state index in [2.05, 4.69) is 5.48 Å². The lowest BCUT2D eigenvalue weighted by molar-refractivity contribution is 0.0547. The minimum Gasteiger partial charge on any atom is -0.302 e. The van der Waals surface area contributed by atoms with Gasteiger partial charge in [0.1, 0.15) is 0 Å². The van der Waals surface area contributed by atoms with Crippen LogP contribution in [0.15, 0.2) is 0 Å². The Morgan fingerprint density at radius 2 is 2.00 bits per heavy atom. The molecule has 0 saturated carbocycles. The summed E-state index contributed by atoms with van der Waals surface area (Å²) in [6.45, 7) is 5.57. The second-order valence-electron chi connectivity index (χ2n) is 0.931. The van der Waals surface area contributed by atoms with Crippen LogP contribution in [0.2, 0.25) is 0 Å². The van der Waals surface area contributed by atoms with Crippen LogP contribution < -0.4 is 5.48 Å². The number of halogens is 1. The van der Waals surface area contributed by atoms with Crippen LogP contribution in [0.5, 0.6) is 0 Å². The molecule has 3 heteroatoms. The fourth-order valence-electron chi connectivity index (χ4n) is 0.204. The predicted molar refractivity (Wildman–Crippen MR) is 35.6 cm³/mol. The minimum absolute atomic E-state index is 0. The minimum atomic E-state index is 0. The molecule has 0 atom stereocenters. The van der Waals surface area contributed by atoms with Gasteiger partial charge in [-0.25, -0.2) is 5.48 Å². The van der Waals surface area contributed by atoms with Crippen LogP contribution in [0.25, 0.3) is 0 Å². The van der Waals surface area contributed by atoms with E-state index in [4.69, 9.17) is 4.84 Å². The SMILES string of the molecule is Br.CCNOCC. The van der Waals surface area contributed by atoms with Crippen molar-refractivity contribution in [1.82, 2.24) is 5.48 Å². The van der Waals surface area contributed by atoms with Gasteiger partial charge in [-0.3, -0.25) is 0 Å². The van der Waals surface area contributed by atoms with E-state index in [0.717, 1.165) is 13.2 Å². The van der Waals surface area contributed by atoms with Gasteiger partial charge in [0.15, 0.2) is 0 Å². The summed E-state index contributed by atoms with van der Waals surface area (Å²) in [5.41, 5.74) is 2.70. The molecule has 0 aliphatic rings. The highest BCUT2D eigenvalue weighted by atomic mass is 79.9. The molecule has 0 bridgehead atoms. The molecule has 0 heterocycles. The third-order valence-corrected chi connectivity index (χ3v) is 0.391. The van der Waals surface area contributed by atoms with E-state index in [0.29, 0.717) is 0 Å². The van der Waals surface area contributed by atoms with Gasteiger partial charge in [0.2, 0.25) is 0 Å². The molecule has 0 aliphatic carbocycles. The van der Waals surface area contributed by atoms with Gasteiger partial charge in [-0.05, 0) is 6.92 Å². The summed E-state index contributed by atoms with van der Waals surface area (Å²) in [6, 6.07) is 0. The van der Waals surface area contributed by atoms with E-state index in [-0.39, 0.29) is 17.0 Å². The second-order valence-corrected chi connectivity index (χ2v) is 0.931. The monoisotopic (exact) mass is 169 g/mol. The molecule has 0 fully saturated rings. The van der Waals surface area contributed by atoms with Crippen LogP contribution in [0.4, 0.5) is 0 Å². The lowest BCUT2D eigenvalue weighted by Crippen LogP contribution is -2.12. The molecule has 0 saturated heterocycles. The molecule has 0 aliphatic heterocycles. The third-order valence-electron chi connectivity index (χ3n) is 0.391. The van der Waals surface area contributed by atoms with Crippen LogP contribution in [0, 0.1) is 0 Å². The molecule has 2 nitrogen and oxygen atoms in total. The Bertz CT molecular complexity index is 23.7. The first-order chi connectivity index (χ1) is 2.91. The Labute approximate surface area is 55.0 Å². The average Bonchev–Trinajstić information content (AvgIpc) is 1.61. The Balaban J connectivity index is 0. The molecule has 0 aromatic heterocycles. The molecule has 0 amide bonds. The van der Waals surface area contributed by atoms with E-state index in [1.807, 2.05) is 13.8 Å². The van der Waals surface area contributed by atoms with Crippen molar-refractivity contribution in [2.45, 2.75) is 13.8 Å². The highest BCUT2D eigenvalue weighted by Gasteiger charge is 1.69. The maximum absolute atomic E-state index is 4.73. The zero-order valence-electron chi connectivity index (χ0n) is 4.73. The van der Waals surface area contributed by atoms with E-state index in [1.165, 1.54) is 0 Å². The topological polar surface area (TPSA) is 21.3 Å². The average molecular weight is 170 g/mol. The van der Waals surface area contributed by atoms with Crippen molar-refractivity contribution in [2.75, 3.05) is 13.2 Å². The summed E-state index contributed by atoms with van der Waals surface area (Å²) in [6.07, 6.45) is 0. The van der Waals surface area contributed by atoms with Crippen LogP contribution in [-0.4, -0.2) is 13.2 Å². The van der Waals surface area contributed by atoms with Crippen molar-refractivity contribution in [2.24, 2.45) is 0 Å². The van der Waals surface area contributed by atoms with Crippen molar-refractivity contribution in [1.29, 1.82) is 0 Å². The fraction of sp³-hybridized carbons (Fsp3) is 1.00. The van der Waals surface area contributed by atoms with Gasteiger partial charge in [-0.2, -0.15) is 0 Å². The predicted octanol–water partition coefficient (Wildman–Crippen LogP) is 1.13. The molecule has 0 spiro atoms. The van der Waals surface area contributed by atoms with Crippen molar-refractivity contribution >= 4 is 17.0 Å². The standard InChI is InChI=1S/C4H11NO.BrH/c1-3-5-6-4-2;/h5H,3-4H2,1-2H3;1H. The number of hydrogen-bond donors (Lipinski definition) is 1. The van der Waals surface area contributed by atoms with Crippen molar-refractivity contribution in [3.8, 4) is 0 Å². The molecular formula is C4H12BrNO. The van der Waals surface area contributed by atoms with Crippen LogP contribution in [-0.2, 0) is 4.84 Å². The van der Waals surface area contributed by atoms with Gasteiger partial charge < -0.3 is 4.84 Å². The maximum Gasteiger partial charge on any atom is 0.0653 e. The van der Waals surface area contributed by atoms with Gasteiger partial charge in [0.05, 0.1) is 6.61 Å². The third kappa shape index (κ3) is 10.7. The van der Waals surface area contributed by atoms with E-state index in [9.17, 15) is 0 Å². The molecule has 0 rings (SSSR count). The molecule has 1 N–H and O–H groups in total. The van der Waals surface area contributed by atoms with Crippen molar-refractivity contribution in [3.63, 3.8) is 0 Å². The maximum atomic E-state index is 4.73. The summed E-state index contributed by atoms with van der Waals surface area (Å²) < 4.78 is 0. The van der Waals surface area contributed by atoms with Gasteiger partial charge >= 0.3 is 0 Å². The molecule has 0 unspecified atom stereocenters. The molecule has 0 radical (unpaired) electrons. The smallest absolute Gasteiger partial charge is 0.0653 e. The number of nitrogens with one attached hydrogen (secondary N) is 1. The Morgan fingerprint density at radius 1 is 1.43 bits per heavy atom. The fourth-order valence-corrected chi connectivity index (χ4v) is 0.204. The highest BCUT2D eigenvalue weighted by molar-refractivity contribution is 8.93. The first-order valence-electron chi connectivity index (χ1n) is 2.26. The van der Waals surface area contributed by atoms with Gasteiger partial charge in [-0.1, -0.05) is 6.92 Å². The Morgan fingerprint density at radius 3 is 2.14 bits per heavy atom. The van der Waals surface area contributed by atoms with E-state index < -0.39 is 0 Å². The highest BCUT2D eigenvalue weighted by Crippen LogP contribution is 1.58. The van der Waals surface area contributed by atoms with E-state index >= 15 is 0 Å². The molecule has 7 heavy (non-hydrogen) atoms. The Kier molecular flexibility index (Phi) is 14.3. The molecular weight excluding hydrogens is 158 g/mol. The lowest BCUT2D eigenvalue weighted by Gasteiger charge is -1.94. The zero-order valence-corrected chi connectivity index (χ0v) is 6.44. The first kappa shape index (κ1) is 10.4. The molecule has 0 aromatic carbocycles. The zero-order chi connectivity index (χ0) is 4.83. The van der Waals surface area contributed by atoms with Gasteiger partial charge in [0.25, 0.3) is 0 Å². The summed E-state index contributed by atoms with van der Waals surface area (Å²) in [5.74, 6) is 0. The van der Waals surface area contributed by atoms with Gasteiger partial charge in [0, 0.05) is 6.54 Å². The summed E-state index contributed by atoms with van der Waals surface area (Å²) in [4.78, 5) is 4.73. The van der Waals surface area contributed by atoms with Crippen molar-refractivity contribution in [3.05, 3.63) is 0 Å². The van der Waals surface area contributed by atoms with Crippen LogP contribution >= 0.6 is 17.0 Å². The quantitative estimate of drug-likeness (QED) is 0.506. The van der Waals surface area contributed by atoms with Crippen molar-refractivity contribution < 1.29 is 4.84 Å². The molecule has 46 valence electrons.